The summed E-state index contributed by atoms with van der Waals surface area (Å²) in [6.45, 7) is 2.34. The molecule has 3 rings (SSSR count). The van der Waals surface area contributed by atoms with Crippen LogP contribution in [0.5, 0.6) is 5.75 Å². The first-order valence-electron chi connectivity index (χ1n) is 7.73. The van der Waals surface area contributed by atoms with Crippen LogP contribution in [0.2, 0.25) is 5.02 Å². The number of carbonyl (C=O) groups is 1. The number of benzene rings is 2. The fraction of sp³-hybridized carbons (Fsp3) is 0.235. The van der Waals surface area contributed by atoms with Gasteiger partial charge in [0.2, 0.25) is 0 Å². The van der Waals surface area contributed by atoms with Crippen LogP contribution in [0.15, 0.2) is 42.5 Å². The number of phenolic OH excluding ortho intramolecular Hbond substituents is 1. The molecule has 1 amide bonds. The van der Waals surface area contributed by atoms with Gasteiger partial charge in [0.05, 0.1) is 9.95 Å². The molecule has 0 bridgehead atoms. The predicted octanol–water partition coefficient (Wildman–Crippen LogP) is 2.92. The van der Waals surface area contributed by atoms with Crippen LogP contribution in [-0.2, 0) is 0 Å². The second kappa shape index (κ2) is 6.98. The van der Waals surface area contributed by atoms with Crippen molar-refractivity contribution in [1.82, 2.24) is 4.90 Å². The molecule has 130 valence electrons. The average Bonchev–Trinajstić information content (AvgIpc) is 2.63. The molecule has 0 saturated carbocycles. The molecule has 1 heterocycles. The summed E-state index contributed by atoms with van der Waals surface area (Å²) in [4.78, 5) is 26.6. The van der Waals surface area contributed by atoms with Crippen LogP contribution in [0.3, 0.4) is 0 Å². The monoisotopic (exact) mass is 361 g/mol. The van der Waals surface area contributed by atoms with E-state index >= 15 is 0 Å². The van der Waals surface area contributed by atoms with Crippen molar-refractivity contribution >= 4 is 28.9 Å². The maximum Gasteiger partial charge on any atom is 0.269 e. The zero-order valence-corrected chi connectivity index (χ0v) is 14.0. The maximum absolute atomic E-state index is 12.5. The highest BCUT2D eigenvalue weighted by atomic mass is 35.5. The van der Waals surface area contributed by atoms with Gasteiger partial charge in [0.25, 0.3) is 11.6 Å². The van der Waals surface area contributed by atoms with Crippen molar-refractivity contribution in [1.29, 1.82) is 0 Å². The molecule has 1 saturated heterocycles. The van der Waals surface area contributed by atoms with Gasteiger partial charge in [-0.2, -0.15) is 0 Å². The van der Waals surface area contributed by atoms with Gasteiger partial charge < -0.3 is 14.9 Å². The number of hydrogen-bond acceptors (Lipinski definition) is 5. The first kappa shape index (κ1) is 17.0. The predicted molar refractivity (Wildman–Crippen MR) is 94.3 cm³/mol. The molecule has 0 unspecified atom stereocenters. The molecule has 7 nitrogen and oxygen atoms in total. The lowest BCUT2D eigenvalue weighted by molar-refractivity contribution is -0.384. The number of rotatable bonds is 3. The van der Waals surface area contributed by atoms with E-state index in [2.05, 4.69) is 4.90 Å². The van der Waals surface area contributed by atoms with Crippen LogP contribution in [0.4, 0.5) is 11.4 Å². The molecule has 1 fully saturated rings. The highest BCUT2D eigenvalue weighted by Gasteiger charge is 2.23. The van der Waals surface area contributed by atoms with Crippen molar-refractivity contribution in [3.8, 4) is 5.75 Å². The smallest absolute Gasteiger partial charge is 0.269 e. The van der Waals surface area contributed by atoms with Gasteiger partial charge >= 0.3 is 0 Å². The van der Waals surface area contributed by atoms with Gasteiger partial charge in [-0.05, 0) is 30.3 Å². The minimum atomic E-state index is -0.427. The van der Waals surface area contributed by atoms with Gasteiger partial charge in [-0.1, -0.05) is 11.6 Å². The number of nitrogens with zero attached hydrogens (tertiary/aromatic N) is 3. The zero-order valence-electron chi connectivity index (χ0n) is 13.3. The molecular weight excluding hydrogens is 346 g/mol. The number of aromatic hydroxyl groups is 1. The van der Waals surface area contributed by atoms with Crippen molar-refractivity contribution in [2.45, 2.75) is 0 Å². The van der Waals surface area contributed by atoms with E-state index in [0.717, 1.165) is 5.69 Å². The summed E-state index contributed by atoms with van der Waals surface area (Å²) in [5.41, 5.74) is 1.39. The zero-order chi connectivity index (χ0) is 18.0. The molecule has 0 atom stereocenters. The van der Waals surface area contributed by atoms with Gasteiger partial charge in [0.15, 0.2) is 0 Å². The molecule has 0 spiro atoms. The normalized spacial score (nSPS) is 14.4. The van der Waals surface area contributed by atoms with Crippen molar-refractivity contribution in [2.75, 3.05) is 31.1 Å². The van der Waals surface area contributed by atoms with E-state index in [9.17, 15) is 20.0 Å². The van der Waals surface area contributed by atoms with Crippen molar-refractivity contribution in [3.63, 3.8) is 0 Å². The van der Waals surface area contributed by atoms with Crippen LogP contribution in [0.25, 0.3) is 0 Å². The number of phenols is 1. The Morgan fingerprint density at radius 3 is 2.28 bits per heavy atom. The summed E-state index contributed by atoms with van der Waals surface area (Å²) in [7, 11) is 0. The molecule has 2 aromatic rings. The number of piperazine rings is 1. The number of amides is 1. The van der Waals surface area contributed by atoms with E-state index in [1.807, 2.05) is 0 Å². The Morgan fingerprint density at radius 1 is 1.08 bits per heavy atom. The van der Waals surface area contributed by atoms with Crippen molar-refractivity contribution < 1.29 is 14.8 Å². The van der Waals surface area contributed by atoms with Crippen LogP contribution >= 0.6 is 11.6 Å². The third-order valence-electron chi connectivity index (χ3n) is 4.19. The molecule has 8 heteroatoms. The number of hydrogen-bond donors (Lipinski definition) is 1. The van der Waals surface area contributed by atoms with Gasteiger partial charge in [-0.25, -0.2) is 0 Å². The summed E-state index contributed by atoms with van der Waals surface area (Å²) in [6, 6.07) is 10.8. The molecule has 0 aromatic heterocycles. The highest BCUT2D eigenvalue weighted by molar-refractivity contribution is 6.32. The Kier molecular flexibility index (Phi) is 4.76. The SMILES string of the molecule is O=C(c1ccc(O)c(Cl)c1)N1CCN(c2ccc([N+](=O)[O-])cc2)CC1. The third kappa shape index (κ3) is 3.66. The first-order chi connectivity index (χ1) is 12.0. The molecular formula is C17H16ClN3O4. The van der Waals surface area contributed by atoms with E-state index < -0.39 is 4.92 Å². The summed E-state index contributed by atoms with van der Waals surface area (Å²) in [6.07, 6.45) is 0. The molecule has 1 aliphatic heterocycles. The number of carbonyl (C=O) groups excluding carboxylic acids is 1. The summed E-state index contributed by atoms with van der Waals surface area (Å²) in [5, 5.41) is 20.3. The van der Waals surface area contributed by atoms with Crippen LogP contribution < -0.4 is 4.90 Å². The van der Waals surface area contributed by atoms with Crippen molar-refractivity contribution in [3.05, 3.63) is 63.2 Å². The van der Waals surface area contributed by atoms with Crippen LogP contribution in [0.1, 0.15) is 10.4 Å². The molecule has 0 radical (unpaired) electrons. The van der Waals surface area contributed by atoms with Crippen LogP contribution in [0, 0.1) is 10.1 Å². The standard InChI is InChI=1S/C17H16ClN3O4/c18-15-11-12(1-6-16(15)22)17(23)20-9-7-19(8-10-20)13-2-4-14(5-3-13)21(24)25/h1-6,11,22H,7-10H2. The topological polar surface area (TPSA) is 86.9 Å². The summed E-state index contributed by atoms with van der Waals surface area (Å²) in [5.74, 6) is -0.188. The average molecular weight is 362 g/mol. The second-order valence-electron chi connectivity index (χ2n) is 5.72. The van der Waals surface area contributed by atoms with Gasteiger partial charge in [-0.3, -0.25) is 14.9 Å². The van der Waals surface area contributed by atoms with Crippen LogP contribution in [-0.4, -0.2) is 47.0 Å². The van der Waals surface area contributed by atoms with Crippen molar-refractivity contribution in [2.24, 2.45) is 0 Å². The van der Waals surface area contributed by atoms with Gasteiger partial charge in [0, 0.05) is 49.6 Å². The minimum absolute atomic E-state index is 0.0544. The Labute approximate surface area is 149 Å². The lowest BCUT2D eigenvalue weighted by atomic mass is 10.1. The van der Waals surface area contributed by atoms with E-state index in [4.69, 9.17) is 11.6 Å². The Morgan fingerprint density at radius 2 is 1.72 bits per heavy atom. The third-order valence-corrected chi connectivity index (χ3v) is 4.49. The molecule has 1 N–H and O–H groups in total. The van der Waals surface area contributed by atoms with E-state index in [1.165, 1.54) is 24.3 Å². The highest BCUT2D eigenvalue weighted by Crippen LogP contribution is 2.25. The summed E-state index contributed by atoms with van der Waals surface area (Å²) < 4.78 is 0. The largest absolute Gasteiger partial charge is 0.506 e. The fourth-order valence-corrected chi connectivity index (χ4v) is 2.96. The maximum atomic E-state index is 12.5. The van der Waals surface area contributed by atoms with Gasteiger partial charge in [0.1, 0.15) is 5.75 Å². The fourth-order valence-electron chi connectivity index (χ4n) is 2.78. The molecule has 25 heavy (non-hydrogen) atoms. The summed E-state index contributed by atoms with van der Waals surface area (Å²) >= 11 is 5.86. The number of non-ortho nitro benzene ring substituents is 1. The lowest BCUT2D eigenvalue weighted by Gasteiger charge is -2.36. The Hall–Kier alpha value is -2.80. The minimum Gasteiger partial charge on any atom is -0.506 e. The number of nitro groups is 1. The second-order valence-corrected chi connectivity index (χ2v) is 6.13. The van der Waals surface area contributed by atoms with E-state index in [-0.39, 0.29) is 22.4 Å². The van der Waals surface area contributed by atoms with Gasteiger partial charge in [-0.15, -0.1) is 0 Å². The number of anilines is 1. The molecule has 0 aliphatic carbocycles. The molecule has 2 aromatic carbocycles. The van der Waals surface area contributed by atoms with E-state index in [0.29, 0.717) is 31.7 Å². The van der Waals surface area contributed by atoms with E-state index in [1.54, 1.807) is 23.1 Å². The number of halogens is 1. The first-order valence-corrected chi connectivity index (χ1v) is 8.10. The number of nitro benzene ring substituents is 1. The Balaban J connectivity index is 1.64. The quantitative estimate of drug-likeness (QED) is 0.671. The lowest BCUT2D eigenvalue weighted by Crippen LogP contribution is -2.48. The molecule has 1 aliphatic rings. The Bertz CT molecular complexity index is 802.